The molecule has 0 unspecified atom stereocenters. The summed E-state index contributed by atoms with van der Waals surface area (Å²) in [5.74, 6) is 0.322. The van der Waals surface area contributed by atoms with Crippen molar-refractivity contribution in [3.8, 4) is 11.5 Å². The minimum Gasteiger partial charge on any atom is -0.457 e. The number of nitrogen functional groups attached to an aromatic ring is 1. The lowest BCUT2D eigenvalue weighted by Crippen LogP contribution is -2.22. The van der Waals surface area contributed by atoms with E-state index in [1.807, 2.05) is 6.92 Å². The van der Waals surface area contributed by atoms with Crippen LogP contribution in [0.25, 0.3) is 0 Å². The zero-order valence-electron chi connectivity index (χ0n) is 13.9. The highest BCUT2D eigenvalue weighted by Crippen LogP contribution is 2.37. The van der Waals surface area contributed by atoms with E-state index in [0.717, 1.165) is 5.56 Å². The van der Waals surface area contributed by atoms with E-state index in [0.29, 0.717) is 33.3 Å². The van der Waals surface area contributed by atoms with Gasteiger partial charge < -0.3 is 10.5 Å². The maximum Gasteiger partial charge on any atom is 0.198 e. The number of nitrogens with two attached hydrogens (primary N) is 1. The third-order valence-electron chi connectivity index (χ3n) is 4.42. The number of carbonyl (C=O) groups is 2. The largest absolute Gasteiger partial charge is 0.457 e. The third-order valence-corrected chi connectivity index (χ3v) is 4.85. The fourth-order valence-electron chi connectivity index (χ4n) is 3.13. The van der Waals surface area contributed by atoms with Crippen LogP contribution in [-0.2, 0) is 0 Å². The number of ether oxygens (including phenoxy) is 1. The second-order valence-corrected chi connectivity index (χ2v) is 6.53. The number of hydrogen-bond acceptors (Lipinski definition) is 4. The Morgan fingerprint density at radius 1 is 0.885 bits per heavy atom. The molecule has 128 valence electrons. The first kappa shape index (κ1) is 16.4. The van der Waals surface area contributed by atoms with Crippen LogP contribution in [0.1, 0.15) is 37.4 Å². The van der Waals surface area contributed by atoms with Gasteiger partial charge in [-0.05, 0) is 42.8 Å². The zero-order valence-corrected chi connectivity index (χ0v) is 14.6. The number of halogens is 1. The smallest absolute Gasteiger partial charge is 0.198 e. The van der Waals surface area contributed by atoms with Crippen LogP contribution in [0.2, 0.25) is 5.02 Å². The summed E-state index contributed by atoms with van der Waals surface area (Å²) < 4.78 is 5.91. The molecule has 0 atom stereocenters. The van der Waals surface area contributed by atoms with Crippen molar-refractivity contribution in [1.29, 1.82) is 0 Å². The Kier molecular flexibility index (Phi) is 3.78. The van der Waals surface area contributed by atoms with Gasteiger partial charge in [-0.1, -0.05) is 35.9 Å². The summed E-state index contributed by atoms with van der Waals surface area (Å²) in [5.41, 5.74) is 8.18. The Hall–Kier alpha value is -3.11. The van der Waals surface area contributed by atoms with E-state index < -0.39 is 0 Å². The van der Waals surface area contributed by atoms with Gasteiger partial charge in [-0.25, -0.2) is 0 Å². The summed E-state index contributed by atoms with van der Waals surface area (Å²) in [6.07, 6.45) is 0. The van der Waals surface area contributed by atoms with E-state index in [9.17, 15) is 9.59 Å². The first-order valence-electron chi connectivity index (χ1n) is 8.02. The summed E-state index contributed by atoms with van der Waals surface area (Å²) >= 11 is 6.05. The second-order valence-electron chi connectivity index (χ2n) is 6.12. The summed E-state index contributed by atoms with van der Waals surface area (Å²) in [7, 11) is 0. The molecule has 0 saturated carbocycles. The highest BCUT2D eigenvalue weighted by Gasteiger charge is 2.33. The van der Waals surface area contributed by atoms with Crippen molar-refractivity contribution in [2.24, 2.45) is 0 Å². The maximum absolute atomic E-state index is 13.0. The van der Waals surface area contributed by atoms with Gasteiger partial charge >= 0.3 is 0 Å². The van der Waals surface area contributed by atoms with Crippen LogP contribution in [0.4, 0.5) is 5.69 Å². The van der Waals surface area contributed by atoms with Gasteiger partial charge in [-0.15, -0.1) is 0 Å². The molecule has 0 heterocycles. The molecule has 2 N–H and O–H groups in total. The molecular formula is C21H14ClNO3. The molecule has 1 aliphatic carbocycles. The van der Waals surface area contributed by atoms with Gasteiger partial charge in [0.25, 0.3) is 0 Å². The Bertz CT molecular complexity index is 1090. The molecule has 1 aliphatic rings. The molecule has 0 aromatic heterocycles. The highest BCUT2D eigenvalue weighted by molar-refractivity contribution is 6.31. The Morgan fingerprint density at radius 3 is 2.27 bits per heavy atom. The SMILES string of the molecule is Cc1cc(Oc2cccc3c2C(=O)c2cccc(N)c2C3=O)ccc1Cl. The molecule has 3 aromatic carbocycles. The summed E-state index contributed by atoms with van der Waals surface area (Å²) in [6.45, 7) is 1.86. The van der Waals surface area contributed by atoms with Gasteiger partial charge in [0.1, 0.15) is 11.5 Å². The molecule has 5 heteroatoms. The van der Waals surface area contributed by atoms with Crippen molar-refractivity contribution in [2.75, 3.05) is 5.73 Å². The van der Waals surface area contributed by atoms with Crippen molar-refractivity contribution >= 4 is 28.9 Å². The number of rotatable bonds is 2. The van der Waals surface area contributed by atoms with Crippen molar-refractivity contribution in [1.82, 2.24) is 0 Å². The molecule has 0 fully saturated rings. The summed E-state index contributed by atoms with van der Waals surface area (Å²) in [4.78, 5) is 25.9. The van der Waals surface area contributed by atoms with Crippen LogP contribution < -0.4 is 10.5 Å². The molecule has 0 amide bonds. The van der Waals surface area contributed by atoms with Gasteiger partial charge in [0.2, 0.25) is 0 Å². The van der Waals surface area contributed by atoms with E-state index in [-0.39, 0.29) is 22.7 Å². The van der Waals surface area contributed by atoms with Gasteiger partial charge in [-0.2, -0.15) is 0 Å². The Morgan fingerprint density at radius 2 is 1.54 bits per heavy atom. The lowest BCUT2D eigenvalue weighted by atomic mass is 9.83. The standard InChI is InChI=1S/C21H14ClNO3/c1-11-10-12(8-9-15(11)22)26-17-7-3-5-14-19(17)21(25)13-4-2-6-16(23)18(13)20(14)24/h2-10H,23H2,1H3. The normalized spacial score (nSPS) is 12.5. The average Bonchev–Trinajstić information content (AvgIpc) is 2.62. The number of benzene rings is 3. The number of fused-ring (bicyclic) bond motifs is 2. The minimum atomic E-state index is -0.275. The van der Waals surface area contributed by atoms with Crippen LogP contribution in [0.3, 0.4) is 0 Å². The minimum absolute atomic E-state index is 0.253. The van der Waals surface area contributed by atoms with Crippen molar-refractivity contribution < 1.29 is 14.3 Å². The number of carbonyl (C=O) groups excluding carboxylic acids is 2. The van der Waals surface area contributed by atoms with Crippen molar-refractivity contribution in [3.05, 3.63) is 87.4 Å². The van der Waals surface area contributed by atoms with Crippen molar-refractivity contribution in [2.45, 2.75) is 6.92 Å². The van der Waals surface area contributed by atoms with Crippen LogP contribution in [0.5, 0.6) is 11.5 Å². The third kappa shape index (κ3) is 2.47. The maximum atomic E-state index is 13.0. The number of ketones is 2. The average molecular weight is 364 g/mol. The van der Waals surface area contributed by atoms with E-state index in [1.165, 1.54) is 0 Å². The lowest BCUT2D eigenvalue weighted by molar-refractivity contribution is 0.0977. The van der Waals surface area contributed by atoms with Crippen LogP contribution in [0, 0.1) is 6.92 Å². The first-order valence-corrected chi connectivity index (χ1v) is 8.40. The molecular weight excluding hydrogens is 350 g/mol. The van der Waals surface area contributed by atoms with E-state index in [1.54, 1.807) is 54.6 Å². The summed E-state index contributed by atoms with van der Waals surface area (Å²) in [5, 5.41) is 0.628. The molecule has 4 nitrogen and oxygen atoms in total. The molecule has 26 heavy (non-hydrogen) atoms. The molecule has 0 spiro atoms. The number of aryl methyl sites for hydroxylation is 1. The van der Waals surface area contributed by atoms with E-state index >= 15 is 0 Å². The predicted octanol–water partition coefficient (Wildman–Crippen LogP) is 4.80. The quantitative estimate of drug-likeness (QED) is 0.519. The first-order chi connectivity index (χ1) is 12.5. The monoisotopic (exact) mass is 363 g/mol. The molecule has 0 saturated heterocycles. The fraction of sp³-hybridized carbons (Fsp3) is 0.0476. The number of anilines is 1. The highest BCUT2D eigenvalue weighted by atomic mass is 35.5. The molecule has 0 aliphatic heterocycles. The molecule has 0 bridgehead atoms. The van der Waals surface area contributed by atoms with Gasteiger partial charge in [0.05, 0.1) is 11.1 Å². The van der Waals surface area contributed by atoms with E-state index in [4.69, 9.17) is 22.1 Å². The second kappa shape index (κ2) is 6.00. The predicted molar refractivity (Wildman–Crippen MR) is 100 cm³/mol. The van der Waals surface area contributed by atoms with Crippen molar-refractivity contribution in [3.63, 3.8) is 0 Å². The summed E-state index contributed by atoms with van der Waals surface area (Å²) in [6, 6.07) is 15.1. The van der Waals surface area contributed by atoms with Crippen LogP contribution >= 0.6 is 11.6 Å². The topological polar surface area (TPSA) is 69.4 Å². The van der Waals surface area contributed by atoms with Gasteiger partial charge in [-0.3, -0.25) is 9.59 Å². The van der Waals surface area contributed by atoms with E-state index in [2.05, 4.69) is 0 Å². The molecule has 0 radical (unpaired) electrons. The van der Waals surface area contributed by atoms with Gasteiger partial charge in [0, 0.05) is 21.8 Å². The molecule has 4 rings (SSSR count). The lowest BCUT2D eigenvalue weighted by Gasteiger charge is -2.21. The number of hydrogen-bond donors (Lipinski definition) is 1. The fourth-order valence-corrected chi connectivity index (χ4v) is 3.25. The zero-order chi connectivity index (χ0) is 18.4. The van der Waals surface area contributed by atoms with Crippen LogP contribution in [-0.4, -0.2) is 11.6 Å². The Labute approximate surface area is 155 Å². The molecule has 3 aromatic rings. The van der Waals surface area contributed by atoms with Gasteiger partial charge in [0.15, 0.2) is 11.6 Å². The Balaban J connectivity index is 1.85. The van der Waals surface area contributed by atoms with Crippen LogP contribution in [0.15, 0.2) is 54.6 Å².